The highest BCUT2D eigenvalue weighted by Crippen LogP contribution is 2.47. The summed E-state index contributed by atoms with van der Waals surface area (Å²) in [7, 11) is 0. The number of hydrogen-bond acceptors (Lipinski definition) is 3. The van der Waals surface area contributed by atoms with Gasteiger partial charge in [-0.15, -0.1) is 11.3 Å². The lowest BCUT2D eigenvalue weighted by Crippen LogP contribution is -2.03. The summed E-state index contributed by atoms with van der Waals surface area (Å²) in [6, 6.07) is 87.8. The molecule has 0 fully saturated rings. The third-order valence-corrected chi connectivity index (χ3v) is 14.9. The fourth-order valence-electron chi connectivity index (χ4n) is 10.6. The van der Waals surface area contributed by atoms with Gasteiger partial charge < -0.3 is 9.13 Å². The molecule has 4 nitrogen and oxygen atoms in total. The van der Waals surface area contributed by atoms with Crippen LogP contribution in [0.3, 0.4) is 0 Å². The molecule has 14 rings (SSSR count). The Bertz CT molecular complexity index is 4170. The molecule has 0 N–H and O–H groups in total. The van der Waals surface area contributed by atoms with Gasteiger partial charge in [0.2, 0.25) is 0 Å². The Balaban J connectivity index is 1.11. The molecule has 322 valence electrons. The molecule has 0 atom stereocenters. The van der Waals surface area contributed by atoms with Crippen molar-refractivity contribution in [3.63, 3.8) is 0 Å². The van der Waals surface area contributed by atoms with Gasteiger partial charge in [-0.25, -0.2) is 9.97 Å². The molecule has 4 heterocycles. The largest absolute Gasteiger partial charge is 0.309 e. The monoisotopic (exact) mass is 896 g/mol. The van der Waals surface area contributed by atoms with Gasteiger partial charge >= 0.3 is 0 Å². The maximum absolute atomic E-state index is 5.51. The second-order valence-electron chi connectivity index (χ2n) is 17.7. The van der Waals surface area contributed by atoms with Gasteiger partial charge in [-0.1, -0.05) is 188 Å². The number of nitrogens with zero attached hydrogens (tertiary/aromatic N) is 4. The fourth-order valence-corrected chi connectivity index (χ4v) is 11.7. The SMILES string of the molecule is c1ccc(-c2ccc3c4cc(-n5c6ccccc6c6ccccc65)ccc4n(-c4c(-c5ccccc5)cc(-c5nc(-c6ccccc6)nc6c5sc5ccccc56)cc4-c4ccccc4)c3c2)cc1. The van der Waals surface area contributed by atoms with Crippen molar-refractivity contribution in [2.45, 2.75) is 0 Å². The minimum Gasteiger partial charge on any atom is -0.309 e. The first-order valence-electron chi connectivity index (χ1n) is 23.4. The Hall–Kier alpha value is -8.90. The van der Waals surface area contributed by atoms with Crippen LogP contribution in [0.1, 0.15) is 0 Å². The third-order valence-electron chi connectivity index (χ3n) is 13.7. The van der Waals surface area contributed by atoms with Crippen molar-refractivity contribution in [3.05, 3.63) is 243 Å². The molecule has 0 bridgehead atoms. The van der Waals surface area contributed by atoms with E-state index in [9.17, 15) is 0 Å². The molecule has 0 saturated carbocycles. The first-order valence-corrected chi connectivity index (χ1v) is 24.2. The van der Waals surface area contributed by atoms with Gasteiger partial charge in [0.25, 0.3) is 0 Å². The molecule has 0 unspecified atom stereocenters. The van der Waals surface area contributed by atoms with Crippen LogP contribution >= 0.6 is 11.3 Å². The van der Waals surface area contributed by atoms with Crippen LogP contribution in [0.25, 0.3) is 131 Å². The van der Waals surface area contributed by atoms with Gasteiger partial charge in [0, 0.05) is 59.6 Å². The van der Waals surface area contributed by atoms with Crippen LogP contribution in [0.2, 0.25) is 0 Å². The predicted octanol–water partition coefficient (Wildman–Crippen LogP) is 17.4. The number of para-hydroxylation sites is 2. The van der Waals surface area contributed by atoms with Crippen LogP contribution in [0.5, 0.6) is 0 Å². The molecule has 69 heavy (non-hydrogen) atoms. The van der Waals surface area contributed by atoms with Crippen LogP contribution in [0, 0.1) is 0 Å². The number of thiophene rings is 1. The Morgan fingerprint density at radius 3 is 1.48 bits per heavy atom. The van der Waals surface area contributed by atoms with Gasteiger partial charge in [0.05, 0.1) is 43.7 Å². The van der Waals surface area contributed by atoms with Crippen molar-refractivity contribution in [2.75, 3.05) is 0 Å². The Morgan fingerprint density at radius 1 is 0.319 bits per heavy atom. The zero-order valence-electron chi connectivity index (χ0n) is 37.3. The van der Waals surface area contributed by atoms with Gasteiger partial charge in [-0.2, -0.15) is 0 Å². The van der Waals surface area contributed by atoms with Gasteiger partial charge in [-0.05, 0) is 76.9 Å². The Kier molecular flexibility index (Phi) is 9.04. The van der Waals surface area contributed by atoms with Crippen LogP contribution in [-0.4, -0.2) is 19.1 Å². The summed E-state index contributed by atoms with van der Waals surface area (Å²) < 4.78 is 7.22. The van der Waals surface area contributed by atoms with E-state index in [4.69, 9.17) is 9.97 Å². The van der Waals surface area contributed by atoms with E-state index in [1.807, 2.05) is 6.07 Å². The van der Waals surface area contributed by atoms with E-state index in [0.29, 0.717) is 5.82 Å². The van der Waals surface area contributed by atoms with Crippen molar-refractivity contribution < 1.29 is 0 Å². The average molecular weight is 897 g/mol. The molecule has 5 heteroatoms. The molecule has 0 radical (unpaired) electrons. The van der Waals surface area contributed by atoms with E-state index >= 15 is 0 Å². The van der Waals surface area contributed by atoms with Gasteiger partial charge in [0.1, 0.15) is 0 Å². The maximum Gasteiger partial charge on any atom is 0.160 e. The quantitative estimate of drug-likeness (QED) is 0.160. The minimum absolute atomic E-state index is 0.711. The number of fused-ring (bicyclic) bond motifs is 9. The average Bonchev–Trinajstić information content (AvgIpc) is 4.08. The summed E-state index contributed by atoms with van der Waals surface area (Å²) in [5, 5.41) is 6.00. The summed E-state index contributed by atoms with van der Waals surface area (Å²) in [6.07, 6.45) is 0. The molecule has 0 aliphatic rings. The smallest absolute Gasteiger partial charge is 0.160 e. The van der Waals surface area contributed by atoms with E-state index in [-0.39, 0.29) is 0 Å². The van der Waals surface area contributed by atoms with E-state index in [0.717, 1.165) is 82.6 Å². The second kappa shape index (κ2) is 15.9. The van der Waals surface area contributed by atoms with Gasteiger partial charge in [-0.3, -0.25) is 0 Å². The first-order chi connectivity index (χ1) is 34.2. The van der Waals surface area contributed by atoms with Gasteiger partial charge in [0.15, 0.2) is 5.82 Å². The van der Waals surface area contributed by atoms with Crippen molar-refractivity contribution in [1.29, 1.82) is 0 Å². The molecule has 0 spiro atoms. The van der Waals surface area contributed by atoms with E-state index in [1.165, 1.54) is 42.8 Å². The molecule has 14 aromatic rings. The molecule has 0 amide bonds. The number of aromatic nitrogens is 4. The second-order valence-corrected chi connectivity index (χ2v) is 18.7. The van der Waals surface area contributed by atoms with Crippen molar-refractivity contribution in [1.82, 2.24) is 19.1 Å². The highest BCUT2D eigenvalue weighted by Gasteiger charge is 2.25. The zero-order chi connectivity index (χ0) is 45.4. The van der Waals surface area contributed by atoms with Crippen molar-refractivity contribution in [2.24, 2.45) is 0 Å². The topological polar surface area (TPSA) is 35.6 Å². The lowest BCUT2D eigenvalue weighted by Gasteiger charge is -2.21. The van der Waals surface area contributed by atoms with Crippen molar-refractivity contribution >= 4 is 75.3 Å². The molecule has 0 saturated heterocycles. The standard InChI is InChI=1S/C64H40N4S/c1-5-19-41(20-6-1)45-33-35-50-54-40-47(67-55-30-16-13-27-48(55)49-28-14-17-31-56(49)67)34-36-57(54)68(58(50)39-45)62-52(42-21-7-2-8-22-42)37-46(38-53(62)43-23-9-3-10-24-43)60-63-61(51-29-15-18-32-59(51)69-63)66-64(65-60)44-25-11-4-12-26-44/h1-40H. The van der Waals surface area contributed by atoms with Crippen molar-refractivity contribution in [3.8, 4) is 67.4 Å². The Labute approximate surface area is 402 Å². The minimum atomic E-state index is 0.711. The lowest BCUT2D eigenvalue weighted by molar-refractivity contribution is 1.17. The van der Waals surface area contributed by atoms with Crippen LogP contribution in [0.4, 0.5) is 0 Å². The number of benzene rings is 10. The normalized spacial score (nSPS) is 11.8. The summed E-state index contributed by atoms with van der Waals surface area (Å²) in [4.78, 5) is 10.8. The molecule has 10 aromatic carbocycles. The molecule has 4 aromatic heterocycles. The fraction of sp³-hybridized carbons (Fsp3) is 0. The third kappa shape index (κ3) is 6.36. The molecular weight excluding hydrogens is 857 g/mol. The van der Waals surface area contributed by atoms with Crippen LogP contribution < -0.4 is 0 Å². The molecule has 0 aliphatic heterocycles. The molecule has 0 aliphatic carbocycles. The zero-order valence-corrected chi connectivity index (χ0v) is 38.1. The van der Waals surface area contributed by atoms with E-state index in [2.05, 4.69) is 246 Å². The van der Waals surface area contributed by atoms with Crippen LogP contribution in [-0.2, 0) is 0 Å². The number of hydrogen-bond donors (Lipinski definition) is 0. The first kappa shape index (κ1) is 39.3. The van der Waals surface area contributed by atoms with E-state index < -0.39 is 0 Å². The summed E-state index contributed by atoms with van der Waals surface area (Å²) >= 11 is 1.76. The van der Waals surface area contributed by atoms with Crippen LogP contribution in [0.15, 0.2) is 243 Å². The highest BCUT2D eigenvalue weighted by molar-refractivity contribution is 7.26. The molecular formula is C64H40N4S. The Morgan fingerprint density at radius 2 is 0.841 bits per heavy atom. The summed E-state index contributed by atoms with van der Waals surface area (Å²) in [6.45, 7) is 0. The maximum atomic E-state index is 5.51. The summed E-state index contributed by atoms with van der Waals surface area (Å²) in [5.41, 5.74) is 17.6. The number of rotatable bonds is 7. The lowest BCUT2D eigenvalue weighted by atomic mass is 9.91. The summed E-state index contributed by atoms with van der Waals surface area (Å²) in [5.74, 6) is 0.711. The highest BCUT2D eigenvalue weighted by atomic mass is 32.1. The predicted molar refractivity (Wildman–Crippen MR) is 291 cm³/mol. The van der Waals surface area contributed by atoms with E-state index in [1.54, 1.807) is 11.3 Å².